The largest absolute Gasteiger partial charge is 0.488 e. The number of carbonyl (C=O) groups is 1. The second-order valence-electron chi connectivity index (χ2n) is 6.08. The van der Waals surface area contributed by atoms with Crippen LogP contribution in [0.15, 0.2) is 71.8 Å². The zero-order valence-electron chi connectivity index (χ0n) is 15.2. The number of nitrogens with one attached hydrogen (secondary N) is 1. The highest BCUT2D eigenvalue weighted by Gasteiger charge is 2.08. The van der Waals surface area contributed by atoms with E-state index in [2.05, 4.69) is 10.5 Å². The van der Waals surface area contributed by atoms with Gasteiger partial charge in [0.1, 0.15) is 12.4 Å². The molecule has 0 bridgehead atoms. The van der Waals surface area contributed by atoms with Crippen molar-refractivity contribution in [3.63, 3.8) is 0 Å². The lowest BCUT2D eigenvalue weighted by molar-refractivity contribution is 0.0954. The van der Waals surface area contributed by atoms with Gasteiger partial charge in [-0.1, -0.05) is 59.6 Å². The minimum absolute atomic E-state index is 0.282. The fourth-order valence-corrected chi connectivity index (χ4v) is 2.94. The van der Waals surface area contributed by atoms with Crippen LogP contribution < -0.4 is 10.2 Å². The summed E-state index contributed by atoms with van der Waals surface area (Å²) in [5, 5.41) is 5.22. The van der Waals surface area contributed by atoms with E-state index in [1.807, 2.05) is 49.4 Å². The first kappa shape index (κ1) is 19.9. The highest BCUT2D eigenvalue weighted by atomic mass is 35.5. The highest BCUT2D eigenvalue weighted by molar-refractivity contribution is 6.31. The maximum Gasteiger partial charge on any atom is 0.271 e. The Hall–Kier alpha value is -2.82. The van der Waals surface area contributed by atoms with Gasteiger partial charge in [0.05, 0.1) is 6.21 Å². The summed E-state index contributed by atoms with van der Waals surface area (Å²) in [5.74, 6) is 0.299. The van der Waals surface area contributed by atoms with Gasteiger partial charge in [0.2, 0.25) is 0 Å². The fraction of sp³-hybridized carbons (Fsp3) is 0.0909. The number of aryl methyl sites for hydroxylation is 1. The Labute approximate surface area is 173 Å². The highest BCUT2D eigenvalue weighted by Crippen LogP contribution is 2.24. The molecule has 0 heterocycles. The van der Waals surface area contributed by atoms with Crippen molar-refractivity contribution < 1.29 is 9.53 Å². The molecule has 4 nitrogen and oxygen atoms in total. The van der Waals surface area contributed by atoms with Crippen LogP contribution in [0.4, 0.5) is 0 Å². The van der Waals surface area contributed by atoms with Gasteiger partial charge in [-0.2, -0.15) is 5.10 Å². The number of amides is 1. The lowest BCUT2D eigenvalue weighted by Crippen LogP contribution is -2.18. The zero-order chi connectivity index (χ0) is 19.9. The van der Waals surface area contributed by atoms with Crippen molar-refractivity contribution in [2.75, 3.05) is 0 Å². The molecule has 0 aliphatic rings. The van der Waals surface area contributed by atoms with Crippen molar-refractivity contribution in [2.24, 2.45) is 5.10 Å². The first-order chi connectivity index (χ1) is 13.5. The van der Waals surface area contributed by atoms with Crippen molar-refractivity contribution in [1.82, 2.24) is 5.43 Å². The average molecular weight is 413 g/mol. The van der Waals surface area contributed by atoms with Crippen molar-refractivity contribution >= 4 is 35.3 Å². The molecule has 3 rings (SSSR count). The molecule has 0 unspecified atom stereocenters. The Bertz CT molecular complexity index is 1020. The molecular weight excluding hydrogens is 395 g/mol. The number of rotatable bonds is 6. The fourth-order valence-electron chi connectivity index (χ4n) is 2.57. The van der Waals surface area contributed by atoms with Crippen LogP contribution in [0.3, 0.4) is 0 Å². The maximum atomic E-state index is 12.3. The Kier molecular flexibility index (Phi) is 6.69. The molecular formula is C22H18Cl2N2O2. The van der Waals surface area contributed by atoms with E-state index in [-0.39, 0.29) is 5.91 Å². The summed E-state index contributed by atoms with van der Waals surface area (Å²) in [5.41, 5.74) is 5.49. The zero-order valence-corrected chi connectivity index (χ0v) is 16.7. The first-order valence-corrected chi connectivity index (χ1v) is 9.35. The SMILES string of the molecule is Cc1ccccc1C(=O)N/N=C\c1cc(Cl)ccc1OCc1ccccc1Cl. The van der Waals surface area contributed by atoms with E-state index < -0.39 is 0 Å². The summed E-state index contributed by atoms with van der Waals surface area (Å²) in [7, 11) is 0. The lowest BCUT2D eigenvalue weighted by Gasteiger charge is -2.10. The molecule has 1 amide bonds. The first-order valence-electron chi connectivity index (χ1n) is 8.59. The van der Waals surface area contributed by atoms with Gasteiger partial charge >= 0.3 is 0 Å². The van der Waals surface area contributed by atoms with Gasteiger partial charge in [-0.15, -0.1) is 0 Å². The second kappa shape index (κ2) is 9.40. The number of ether oxygens (including phenoxy) is 1. The van der Waals surface area contributed by atoms with Crippen molar-refractivity contribution in [3.8, 4) is 5.75 Å². The predicted molar refractivity (Wildman–Crippen MR) is 113 cm³/mol. The summed E-state index contributed by atoms with van der Waals surface area (Å²) in [4.78, 5) is 12.3. The minimum Gasteiger partial charge on any atom is -0.488 e. The summed E-state index contributed by atoms with van der Waals surface area (Å²) < 4.78 is 5.87. The minimum atomic E-state index is -0.282. The Morgan fingerprint density at radius 1 is 1.07 bits per heavy atom. The molecule has 0 aliphatic heterocycles. The molecule has 6 heteroatoms. The van der Waals surface area contributed by atoms with E-state index >= 15 is 0 Å². The third kappa shape index (κ3) is 5.12. The Balaban J connectivity index is 1.72. The average Bonchev–Trinajstić information content (AvgIpc) is 2.69. The van der Waals surface area contributed by atoms with Crippen LogP contribution in [0.1, 0.15) is 27.0 Å². The van der Waals surface area contributed by atoms with Crippen LogP contribution in [-0.2, 0) is 6.61 Å². The van der Waals surface area contributed by atoms with Gasteiger partial charge in [-0.05, 0) is 42.8 Å². The van der Waals surface area contributed by atoms with E-state index in [4.69, 9.17) is 27.9 Å². The molecule has 0 atom stereocenters. The molecule has 3 aromatic carbocycles. The third-order valence-corrected chi connectivity index (χ3v) is 4.68. The smallest absolute Gasteiger partial charge is 0.271 e. The van der Waals surface area contributed by atoms with Crippen LogP contribution in [0.5, 0.6) is 5.75 Å². The molecule has 0 aromatic heterocycles. The van der Waals surface area contributed by atoms with Crippen molar-refractivity contribution in [2.45, 2.75) is 13.5 Å². The molecule has 0 aliphatic carbocycles. The van der Waals surface area contributed by atoms with E-state index in [0.717, 1.165) is 11.1 Å². The summed E-state index contributed by atoms with van der Waals surface area (Å²) >= 11 is 12.3. The molecule has 3 aromatic rings. The second-order valence-corrected chi connectivity index (χ2v) is 6.92. The summed E-state index contributed by atoms with van der Waals surface area (Å²) in [6.45, 7) is 2.17. The van der Waals surface area contributed by atoms with E-state index in [1.165, 1.54) is 6.21 Å². The third-order valence-electron chi connectivity index (χ3n) is 4.07. The molecule has 0 fully saturated rings. The number of halogens is 2. The van der Waals surface area contributed by atoms with Crippen LogP contribution in [0.25, 0.3) is 0 Å². The van der Waals surface area contributed by atoms with Gasteiger partial charge in [0.25, 0.3) is 5.91 Å². The monoisotopic (exact) mass is 412 g/mol. The van der Waals surface area contributed by atoms with Gasteiger partial charge in [-0.25, -0.2) is 5.43 Å². The van der Waals surface area contributed by atoms with E-state index in [1.54, 1.807) is 24.3 Å². The molecule has 0 saturated heterocycles. The van der Waals surface area contributed by atoms with E-state index in [9.17, 15) is 4.79 Å². The number of carbonyl (C=O) groups excluding carboxylic acids is 1. The van der Waals surface area contributed by atoms with E-state index in [0.29, 0.717) is 33.5 Å². The number of nitrogens with zero attached hydrogens (tertiary/aromatic N) is 1. The van der Waals surface area contributed by atoms with Gasteiger partial charge in [-0.3, -0.25) is 4.79 Å². The summed E-state index contributed by atoms with van der Waals surface area (Å²) in [6.07, 6.45) is 1.50. The molecule has 1 N–H and O–H groups in total. The number of hydrogen-bond acceptors (Lipinski definition) is 3. The Morgan fingerprint density at radius 3 is 2.61 bits per heavy atom. The normalized spacial score (nSPS) is 10.8. The molecule has 0 spiro atoms. The van der Waals surface area contributed by atoms with Crippen LogP contribution in [-0.4, -0.2) is 12.1 Å². The number of hydrazone groups is 1. The molecule has 0 radical (unpaired) electrons. The van der Waals surface area contributed by atoms with Crippen molar-refractivity contribution in [1.29, 1.82) is 0 Å². The van der Waals surface area contributed by atoms with Crippen molar-refractivity contribution in [3.05, 3.63) is 99.0 Å². The summed E-state index contributed by atoms with van der Waals surface area (Å²) in [6, 6.07) is 20.0. The van der Waals surface area contributed by atoms with Gasteiger partial charge in [0.15, 0.2) is 0 Å². The molecule has 28 heavy (non-hydrogen) atoms. The van der Waals surface area contributed by atoms with Crippen LogP contribution in [0, 0.1) is 6.92 Å². The number of benzene rings is 3. The molecule has 142 valence electrons. The lowest BCUT2D eigenvalue weighted by atomic mass is 10.1. The number of hydrogen-bond donors (Lipinski definition) is 1. The van der Waals surface area contributed by atoms with Gasteiger partial charge < -0.3 is 4.74 Å². The predicted octanol–water partition coefficient (Wildman–Crippen LogP) is 5.64. The topological polar surface area (TPSA) is 50.7 Å². The Morgan fingerprint density at radius 2 is 1.82 bits per heavy atom. The maximum absolute atomic E-state index is 12.3. The molecule has 0 saturated carbocycles. The standard InChI is InChI=1S/C22H18Cl2N2O2/c1-15-6-2-4-8-19(15)22(27)26-25-13-17-12-18(23)10-11-21(17)28-14-16-7-3-5-9-20(16)24/h2-13H,14H2,1H3,(H,26,27)/b25-13-. The quantitative estimate of drug-likeness (QED) is 0.420. The van der Waals surface area contributed by atoms with Gasteiger partial charge in [0, 0.05) is 26.7 Å². The van der Waals surface area contributed by atoms with Crippen LogP contribution >= 0.6 is 23.2 Å². The van der Waals surface area contributed by atoms with Crippen LogP contribution in [0.2, 0.25) is 10.0 Å².